The molecule has 1 aliphatic heterocycles. The van der Waals surface area contributed by atoms with Gasteiger partial charge in [-0.1, -0.05) is 48.0 Å². The second-order valence-electron chi connectivity index (χ2n) is 6.82. The number of carbonyl (C=O) groups excluding carboxylic acids is 1. The Labute approximate surface area is 155 Å². The summed E-state index contributed by atoms with van der Waals surface area (Å²) in [4.78, 5) is 12.5. The number of benzene rings is 2. The molecule has 1 N–H and O–H groups in total. The standard InChI is InChI=1S/C20H24N2O3S/c1-14-11-15(2)20(16(3)12-14)26(24,25)22-10-9-21-19(23)13-18(22)17-7-5-4-6-8-17/h4-8,11-12,18H,9-10,13H2,1-3H3,(H,21,23)/t18-/m0/s1. The number of hydrogen-bond acceptors (Lipinski definition) is 3. The fraction of sp³-hybridized carbons (Fsp3) is 0.350. The van der Waals surface area contributed by atoms with Gasteiger partial charge in [0, 0.05) is 19.5 Å². The first-order valence-electron chi connectivity index (χ1n) is 8.72. The van der Waals surface area contributed by atoms with Crippen LogP contribution in [-0.4, -0.2) is 31.7 Å². The zero-order valence-corrected chi connectivity index (χ0v) is 16.1. The van der Waals surface area contributed by atoms with Crippen molar-refractivity contribution in [2.24, 2.45) is 0 Å². The molecule has 1 atom stereocenters. The highest BCUT2D eigenvalue weighted by molar-refractivity contribution is 7.89. The van der Waals surface area contributed by atoms with E-state index in [0.717, 1.165) is 22.3 Å². The van der Waals surface area contributed by atoms with Gasteiger partial charge in [0.2, 0.25) is 15.9 Å². The third-order valence-electron chi connectivity index (χ3n) is 4.74. The van der Waals surface area contributed by atoms with Gasteiger partial charge in [0.15, 0.2) is 0 Å². The minimum absolute atomic E-state index is 0.118. The minimum atomic E-state index is -3.74. The van der Waals surface area contributed by atoms with Gasteiger partial charge in [0.25, 0.3) is 0 Å². The lowest BCUT2D eigenvalue weighted by atomic mass is 10.0. The van der Waals surface area contributed by atoms with E-state index in [1.54, 1.807) is 0 Å². The average Bonchev–Trinajstić information content (AvgIpc) is 2.76. The van der Waals surface area contributed by atoms with Crippen LogP contribution in [0.3, 0.4) is 0 Å². The Hall–Kier alpha value is -2.18. The SMILES string of the molecule is Cc1cc(C)c(S(=O)(=O)N2CCNC(=O)C[C@H]2c2ccccc2)c(C)c1. The van der Waals surface area contributed by atoms with E-state index in [2.05, 4.69) is 5.32 Å². The van der Waals surface area contributed by atoms with Gasteiger partial charge < -0.3 is 5.32 Å². The molecule has 0 spiro atoms. The third-order valence-corrected chi connectivity index (χ3v) is 6.95. The monoisotopic (exact) mass is 372 g/mol. The molecule has 1 heterocycles. The molecule has 26 heavy (non-hydrogen) atoms. The minimum Gasteiger partial charge on any atom is -0.355 e. The molecule has 2 aromatic rings. The Morgan fingerprint density at radius 1 is 1.04 bits per heavy atom. The largest absolute Gasteiger partial charge is 0.355 e. The Morgan fingerprint density at radius 2 is 1.65 bits per heavy atom. The van der Waals surface area contributed by atoms with E-state index >= 15 is 0 Å². The van der Waals surface area contributed by atoms with Crippen LogP contribution in [0.5, 0.6) is 0 Å². The second kappa shape index (κ2) is 7.21. The number of sulfonamides is 1. The summed E-state index contributed by atoms with van der Waals surface area (Å²) in [5.74, 6) is -0.131. The fourth-order valence-corrected chi connectivity index (χ4v) is 5.78. The highest BCUT2D eigenvalue weighted by Gasteiger charge is 2.36. The molecule has 1 saturated heterocycles. The third kappa shape index (κ3) is 3.52. The van der Waals surface area contributed by atoms with Crippen molar-refractivity contribution < 1.29 is 13.2 Å². The second-order valence-corrected chi connectivity index (χ2v) is 8.65. The van der Waals surface area contributed by atoms with Crippen molar-refractivity contribution >= 4 is 15.9 Å². The molecule has 3 rings (SSSR count). The summed E-state index contributed by atoms with van der Waals surface area (Å²) < 4.78 is 28.6. The van der Waals surface area contributed by atoms with Crippen molar-refractivity contribution in [3.8, 4) is 0 Å². The molecule has 1 amide bonds. The highest BCUT2D eigenvalue weighted by atomic mass is 32.2. The van der Waals surface area contributed by atoms with Crippen LogP contribution in [0, 0.1) is 20.8 Å². The van der Waals surface area contributed by atoms with Gasteiger partial charge in [0.1, 0.15) is 0 Å². The van der Waals surface area contributed by atoms with Crippen molar-refractivity contribution in [2.45, 2.75) is 38.1 Å². The highest BCUT2D eigenvalue weighted by Crippen LogP contribution is 2.34. The van der Waals surface area contributed by atoms with Crippen LogP contribution in [0.15, 0.2) is 47.4 Å². The van der Waals surface area contributed by atoms with Gasteiger partial charge in [-0.15, -0.1) is 0 Å². The maximum Gasteiger partial charge on any atom is 0.244 e. The molecule has 1 aliphatic rings. The van der Waals surface area contributed by atoms with Crippen LogP contribution < -0.4 is 5.32 Å². The molecule has 1 fully saturated rings. The van der Waals surface area contributed by atoms with Crippen LogP contribution in [0.25, 0.3) is 0 Å². The summed E-state index contributed by atoms with van der Waals surface area (Å²) >= 11 is 0. The number of rotatable bonds is 3. The molecule has 0 saturated carbocycles. The lowest BCUT2D eigenvalue weighted by Gasteiger charge is -2.30. The van der Waals surface area contributed by atoms with Gasteiger partial charge in [-0.25, -0.2) is 8.42 Å². The average molecular weight is 372 g/mol. The van der Waals surface area contributed by atoms with E-state index in [0.29, 0.717) is 11.4 Å². The van der Waals surface area contributed by atoms with Crippen LogP contribution in [0.4, 0.5) is 0 Å². The first kappa shape index (κ1) is 18.6. The van der Waals surface area contributed by atoms with Gasteiger partial charge in [-0.2, -0.15) is 4.31 Å². The normalized spacial score (nSPS) is 19.0. The van der Waals surface area contributed by atoms with Crippen LogP contribution in [0.1, 0.15) is 34.7 Å². The predicted octanol–water partition coefficient (Wildman–Crippen LogP) is 2.86. The van der Waals surface area contributed by atoms with Gasteiger partial charge >= 0.3 is 0 Å². The Bertz CT molecular complexity index is 900. The van der Waals surface area contributed by atoms with Crippen molar-refractivity contribution in [1.29, 1.82) is 0 Å². The molecule has 0 bridgehead atoms. The zero-order valence-electron chi connectivity index (χ0n) is 15.3. The van der Waals surface area contributed by atoms with E-state index in [4.69, 9.17) is 0 Å². The van der Waals surface area contributed by atoms with E-state index in [-0.39, 0.29) is 18.9 Å². The predicted molar refractivity (Wildman–Crippen MR) is 101 cm³/mol. The molecule has 0 aromatic heterocycles. The number of amides is 1. The summed E-state index contributed by atoms with van der Waals surface area (Å²) in [6.07, 6.45) is 0.118. The summed E-state index contributed by atoms with van der Waals surface area (Å²) in [5.41, 5.74) is 3.33. The number of nitrogens with zero attached hydrogens (tertiary/aromatic N) is 1. The smallest absolute Gasteiger partial charge is 0.244 e. The van der Waals surface area contributed by atoms with Crippen molar-refractivity contribution in [3.05, 3.63) is 64.7 Å². The van der Waals surface area contributed by atoms with Crippen LogP contribution >= 0.6 is 0 Å². The van der Waals surface area contributed by atoms with Gasteiger partial charge in [0.05, 0.1) is 10.9 Å². The van der Waals surface area contributed by atoms with Crippen LogP contribution in [-0.2, 0) is 14.8 Å². The maximum atomic E-state index is 13.6. The number of hydrogen-bond donors (Lipinski definition) is 1. The number of nitrogens with one attached hydrogen (secondary N) is 1. The molecule has 5 nitrogen and oxygen atoms in total. The zero-order chi connectivity index (χ0) is 18.9. The quantitative estimate of drug-likeness (QED) is 0.901. The summed E-state index contributed by atoms with van der Waals surface area (Å²) in [5, 5.41) is 2.79. The summed E-state index contributed by atoms with van der Waals surface area (Å²) in [7, 11) is -3.74. The van der Waals surface area contributed by atoms with Crippen molar-refractivity contribution in [3.63, 3.8) is 0 Å². The van der Waals surface area contributed by atoms with E-state index in [9.17, 15) is 13.2 Å². The molecular formula is C20H24N2O3S. The van der Waals surface area contributed by atoms with E-state index in [1.165, 1.54) is 4.31 Å². The Balaban J connectivity index is 2.13. The van der Waals surface area contributed by atoms with E-state index < -0.39 is 16.1 Å². The van der Waals surface area contributed by atoms with Gasteiger partial charge in [-0.05, 0) is 37.5 Å². The van der Waals surface area contributed by atoms with Crippen molar-refractivity contribution in [2.75, 3.05) is 13.1 Å². The fourth-order valence-electron chi connectivity index (χ4n) is 3.75. The van der Waals surface area contributed by atoms with Gasteiger partial charge in [-0.3, -0.25) is 4.79 Å². The molecule has 138 valence electrons. The lowest BCUT2D eigenvalue weighted by Crippen LogP contribution is -2.37. The Kier molecular flexibility index (Phi) is 5.16. The number of carbonyl (C=O) groups is 1. The number of aryl methyl sites for hydroxylation is 3. The molecular weight excluding hydrogens is 348 g/mol. The van der Waals surface area contributed by atoms with Crippen LogP contribution in [0.2, 0.25) is 0 Å². The molecule has 2 aromatic carbocycles. The molecule has 0 aliphatic carbocycles. The first-order valence-corrected chi connectivity index (χ1v) is 10.2. The molecule has 0 unspecified atom stereocenters. The molecule has 0 radical (unpaired) electrons. The lowest BCUT2D eigenvalue weighted by molar-refractivity contribution is -0.121. The summed E-state index contributed by atoms with van der Waals surface area (Å²) in [6.45, 7) is 6.17. The Morgan fingerprint density at radius 3 is 2.27 bits per heavy atom. The topological polar surface area (TPSA) is 66.5 Å². The molecule has 6 heteroatoms. The maximum absolute atomic E-state index is 13.6. The van der Waals surface area contributed by atoms with E-state index in [1.807, 2.05) is 63.2 Å². The van der Waals surface area contributed by atoms with Crippen molar-refractivity contribution in [1.82, 2.24) is 9.62 Å². The summed E-state index contributed by atoms with van der Waals surface area (Å²) in [6, 6.07) is 12.6. The first-order chi connectivity index (χ1) is 12.3.